The average molecular weight is 504 g/mol. The summed E-state index contributed by atoms with van der Waals surface area (Å²) in [5.74, 6) is -1.30. The highest BCUT2D eigenvalue weighted by Gasteiger charge is 2.23. The number of rotatable bonds is 8. The first-order valence-electron chi connectivity index (χ1n) is 10.1. The van der Waals surface area contributed by atoms with Gasteiger partial charge < -0.3 is 14.2 Å². The molecule has 1 unspecified atom stereocenters. The molecule has 6 nitrogen and oxygen atoms in total. The van der Waals surface area contributed by atoms with Crippen molar-refractivity contribution in [3.8, 4) is 5.75 Å². The van der Waals surface area contributed by atoms with Crippen LogP contribution in [0.3, 0.4) is 0 Å². The molecule has 0 spiro atoms. The average Bonchev–Trinajstić information content (AvgIpc) is 3.08. The fourth-order valence-corrected chi connectivity index (χ4v) is 4.92. The Balaban J connectivity index is 1.56. The number of benzene rings is 1. The lowest BCUT2D eigenvalue weighted by molar-refractivity contribution is -0.0296. The predicted octanol–water partition coefficient (Wildman–Crippen LogP) is 6.03. The molecule has 4 rings (SSSR count). The summed E-state index contributed by atoms with van der Waals surface area (Å²) in [4.78, 5) is 8.92. The standard InChI is InChI=1S/C21H21Cl2F2N3O3S/c1-29-6-7-30-12-8-15(24)13(16(25)9-12)11-32-20-14(22)10-17-19(27-20)28(21(23)26-17)18-4-2-3-5-31-18/h8-10,18H,2-7,11H2,1H3. The van der Waals surface area contributed by atoms with Crippen molar-refractivity contribution in [1.82, 2.24) is 14.5 Å². The number of pyridine rings is 1. The molecule has 32 heavy (non-hydrogen) atoms. The highest BCUT2D eigenvalue weighted by molar-refractivity contribution is 7.98. The first-order valence-corrected chi connectivity index (χ1v) is 11.8. The lowest BCUT2D eigenvalue weighted by Crippen LogP contribution is -2.18. The highest BCUT2D eigenvalue weighted by atomic mass is 35.5. The van der Waals surface area contributed by atoms with Crippen LogP contribution in [-0.2, 0) is 15.2 Å². The third-order valence-corrected chi connectivity index (χ3v) is 6.70. The van der Waals surface area contributed by atoms with Crippen LogP contribution in [0.15, 0.2) is 23.2 Å². The zero-order valence-corrected chi connectivity index (χ0v) is 19.6. The Hall–Kier alpha value is -1.65. The van der Waals surface area contributed by atoms with Crippen LogP contribution in [0.5, 0.6) is 5.75 Å². The van der Waals surface area contributed by atoms with Gasteiger partial charge in [-0.1, -0.05) is 23.4 Å². The summed E-state index contributed by atoms with van der Waals surface area (Å²) in [5, 5.41) is 1.01. The molecule has 1 saturated heterocycles. The molecule has 1 atom stereocenters. The smallest absolute Gasteiger partial charge is 0.207 e. The number of imidazole rings is 1. The van der Waals surface area contributed by atoms with Crippen LogP contribution in [0.1, 0.15) is 31.1 Å². The van der Waals surface area contributed by atoms with E-state index in [-0.39, 0.29) is 35.2 Å². The van der Waals surface area contributed by atoms with Gasteiger partial charge in [0.05, 0.1) is 11.6 Å². The molecular formula is C21H21Cl2F2N3O3S. The Morgan fingerprint density at radius 2 is 1.94 bits per heavy atom. The maximum Gasteiger partial charge on any atom is 0.207 e. The van der Waals surface area contributed by atoms with Gasteiger partial charge in [-0.05, 0) is 36.9 Å². The maximum absolute atomic E-state index is 14.5. The zero-order valence-electron chi connectivity index (χ0n) is 17.2. The van der Waals surface area contributed by atoms with Crippen LogP contribution in [0.2, 0.25) is 10.3 Å². The predicted molar refractivity (Wildman–Crippen MR) is 120 cm³/mol. The van der Waals surface area contributed by atoms with Crippen LogP contribution in [-0.4, -0.2) is 41.5 Å². The van der Waals surface area contributed by atoms with E-state index in [1.165, 1.54) is 7.11 Å². The minimum Gasteiger partial charge on any atom is -0.491 e. The van der Waals surface area contributed by atoms with Crippen molar-refractivity contribution in [3.63, 3.8) is 0 Å². The molecule has 0 N–H and O–H groups in total. The van der Waals surface area contributed by atoms with Gasteiger partial charge >= 0.3 is 0 Å². The zero-order chi connectivity index (χ0) is 22.7. The monoisotopic (exact) mass is 503 g/mol. The third-order valence-electron chi connectivity index (χ3n) is 5.01. The lowest BCUT2D eigenvalue weighted by atomic mass is 10.2. The Morgan fingerprint density at radius 3 is 2.62 bits per heavy atom. The largest absolute Gasteiger partial charge is 0.491 e. The molecule has 0 amide bonds. The molecule has 1 aliphatic heterocycles. The molecule has 1 fully saturated rings. The number of ether oxygens (including phenoxy) is 3. The van der Waals surface area contributed by atoms with Crippen LogP contribution in [0, 0.1) is 11.6 Å². The molecule has 0 bridgehead atoms. The minimum absolute atomic E-state index is 0.00393. The number of thioether (sulfide) groups is 1. The molecule has 3 aromatic rings. The van der Waals surface area contributed by atoms with Crippen molar-refractivity contribution in [1.29, 1.82) is 0 Å². The molecule has 3 heterocycles. The van der Waals surface area contributed by atoms with Crippen molar-refractivity contribution in [2.45, 2.75) is 36.3 Å². The first kappa shape index (κ1) is 23.5. The van der Waals surface area contributed by atoms with Crippen molar-refractivity contribution in [2.24, 2.45) is 0 Å². The Labute approximate surface area is 198 Å². The van der Waals surface area contributed by atoms with Gasteiger partial charge in [0.15, 0.2) is 5.65 Å². The van der Waals surface area contributed by atoms with E-state index in [4.69, 9.17) is 37.4 Å². The fraction of sp³-hybridized carbons (Fsp3) is 0.429. The summed E-state index contributed by atoms with van der Waals surface area (Å²) in [6, 6.07) is 3.96. The van der Waals surface area contributed by atoms with E-state index in [1.54, 1.807) is 10.6 Å². The van der Waals surface area contributed by atoms with Gasteiger partial charge in [-0.2, -0.15) is 0 Å². The number of aromatic nitrogens is 3. The quantitative estimate of drug-likeness (QED) is 0.276. The highest BCUT2D eigenvalue weighted by Crippen LogP contribution is 2.36. The summed E-state index contributed by atoms with van der Waals surface area (Å²) in [7, 11) is 1.52. The van der Waals surface area contributed by atoms with Crippen LogP contribution >= 0.6 is 35.0 Å². The van der Waals surface area contributed by atoms with Gasteiger partial charge in [-0.3, -0.25) is 4.57 Å². The number of fused-ring (bicyclic) bond motifs is 1. The first-order chi connectivity index (χ1) is 15.5. The molecule has 0 radical (unpaired) electrons. The van der Waals surface area contributed by atoms with Gasteiger partial charge in [0.1, 0.15) is 40.8 Å². The van der Waals surface area contributed by atoms with E-state index in [9.17, 15) is 8.78 Å². The van der Waals surface area contributed by atoms with Crippen LogP contribution in [0.4, 0.5) is 8.78 Å². The number of methoxy groups -OCH3 is 1. The SMILES string of the molecule is COCCOc1cc(F)c(CSc2nc3c(cc2Cl)nc(Cl)n3C2CCCCO2)c(F)c1. The van der Waals surface area contributed by atoms with E-state index in [1.807, 2.05) is 0 Å². The van der Waals surface area contributed by atoms with Gasteiger partial charge in [-0.15, -0.1) is 0 Å². The summed E-state index contributed by atoms with van der Waals surface area (Å²) >= 11 is 13.8. The number of halogens is 4. The summed E-state index contributed by atoms with van der Waals surface area (Å²) in [6.45, 7) is 1.16. The molecule has 1 aliphatic rings. The number of hydrogen-bond acceptors (Lipinski definition) is 6. The lowest BCUT2D eigenvalue weighted by Gasteiger charge is -2.24. The van der Waals surface area contributed by atoms with Gasteiger partial charge in [0.2, 0.25) is 5.28 Å². The van der Waals surface area contributed by atoms with Crippen molar-refractivity contribution in [2.75, 3.05) is 26.9 Å². The number of hydrogen-bond donors (Lipinski definition) is 0. The van der Waals surface area contributed by atoms with Crippen molar-refractivity contribution < 1.29 is 23.0 Å². The molecule has 172 valence electrons. The third kappa shape index (κ3) is 5.12. The molecular weight excluding hydrogens is 483 g/mol. The van der Waals surface area contributed by atoms with E-state index in [0.29, 0.717) is 34.4 Å². The van der Waals surface area contributed by atoms with Gasteiger partial charge in [-0.25, -0.2) is 18.7 Å². The summed E-state index contributed by atoms with van der Waals surface area (Å²) in [5.41, 5.74) is 0.972. The Bertz CT molecular complexity index is 1090. The van der Waals surface area contributed by atoms with Gasteiger partial charge in [0.25, 0.3) is 0 Å². The van der Waals surface area contributed by atoms with Crippen LogP contribution in [0.25, 0.3) is 11.2 Å². The second-order valence-corrected chi connectivity index (χ2v) is 8.89. The van der Waals surface area contributed by atoms with Crippen molar-refractivity contribution in [3.05, 3.63) is 45.7 Å². The second-order valence-electron chi connectivity index (χ2n) is 7.19. The molecule has 1 aromatic carbocycles. The topological polar surface area (TPSA) is 58.4 Å². The van der Waals surface area contributed by atoms with E-state index < -0.39 is 11.6 Å². The molecule has 11 heteroatoms. The fourth-order valence-electron chi connectivity index (χ4n) is 3.42. The summed E-state index contributed by atoms with van der Waals surface area (Å²) < 4.78 is 46.8. The van der Waals surface area contributed by atoms with Crippen molar-refractivity contribution >= 4 is 46.1 Å². The number of nitrogens with zero attached hydrogens (tertiary/aromatic N) is 3. The maximum atomic E-state index is 14.5. The van der Waals surface area contributed by atoms with E-state index in [2.05, 4.69) is 9.97 Å². The minimum atomic E-state index is -0.703. The summed E-state index contributed by atoms with van der Waals surface area (Å²) in [6.07, 6.45) is 2.55. The normalized spacial score (nSPS) is 16.6. The Kier molecular flexibility index (Phi) is 7.73. The van der Waals surface area contributed by atoms with E-state index >= 15 is 0 Å². The second kappa shape index (κ2) is 10.5. The van der Waals surface area contributed by atoms with Crippen LogP contribution < -0.4 is 4.74 Å². The molecule has 0 aliphatic carbocycles. The van der Waals surface area contributed by atoms with E-state index in [0.717, 1.165) is 43.2 Å². The Morgan fingerprint density at radius 1 is 1.16 bits per heavy atom. The molecule has 0 saturated carbocycles. The van der Waals surface area contributed by atoms with Gasteiger partial charge in [0, 0.05) is 37.2 Å². The molecule has 2 aromatic heterocycles.